The van der Waals surface area contributed by atoms with Gasteiger partial charge in [-0.15, -0.1) is 0 Å². The summed E-state index contributed by atoms with van der Waals surface area (Å²) in [5.74, 6) is -0.287. The SMILES string of the molecule is CCOC(=O)C1=C(C)NC(=S)N[C@@H]1c1ccccc1OCC(=O)NN=Cc1cccc(OC)c1OCc1ccccc1F. The van der Waals surface area contributed by atoms with Crippen molar-refractivity contribution in [1.29, 1.82) is 0 Å². The van der Waals surface area contributed by atoms with Gasteiger partial charge >= 0.3 is 5.97 Å². The molecule has 1 amide bonds. The van der Waals surface area contributed by atoms with E-state index in [1.165, 1.54) is 19.4 Å². The smallest absolute Gasteiger partial charge is 0.338 e. The number of carbonyl (C=O) groups is 2. The first kappa shape index (κ1) is 31.0. The summed E-state index contributed by atoms with van der Waals surface area (Å²) >= 11 is 5.31. The third kappa shape index (κ3) is 7.86. The number of hydrogen-bond donors (Lipinski definition) is 3. The number of rotatable bonds is 12. The van der Waals surface area contributed by atoms with Gasteiger partial charge in [0.25, 0.3) is 5.91 Å². The summed E-state index contributed by atoms with van der Waals surface area (Å²) < 4.78 is 36.4. The van der Waals surface area contributed by atoms with Crippen LogP contribution in [0.2, 0.25) is 0 Å². The Morgan fingerprint density at radius 2 is 1.79 bits per heavy atom. The quantitative estimate of drug-likeness (QED) is 0.120. The number of carbonyl (C=O) groups excluding carboxylic acids is 2. The number of halogens is 1. The van der Waals surface area contributed by atoms with E-state index in [-0.39, 0.29) is 25.6 Å². The highest BCUT2D eigenvalue weighted by molar-refractivity contribution is 7.80. The number of ether oxygens (including phenoxy) is 4. The lowest BCUT2D eigenvalue weighted by molar-refractivity contribution is -0.139. The maximum atomic E-state index is 14.1. The van der Waals surface area contributed by atoms with E-state index in [9.17, 15) is 14.0 Å². The summed E-state index contributed by atoms with van der Waals surface area (Å²) in [6.45, 7) is 3.27. The second kappa shape index (κ2) is 14.8. The Morgan fingerprint density at radius 3 is 2.56 bits per heavy atom. The third-order valence-corrected chi connectivity index (χ3v) is 6.53. The summed E-state index contributed by atoms with van der Waals surface area (Å²) in [5.41, 5.74) is 4.82. The molecule has 12 heteroatoms. The molecule has 1 heterocycles. The standard InChI is InChI=1S/C31H31FN4O6S/c1-4-40-30(38)27-19(2)34-31(43)35-28(27)22-12-6-8-14-24(22)41-18-26(37)36-33-16-20-11-9-15-25(39-3)29(20)42-17-21-10-5-7-13-23(21)32/h5-16,28H,4,17-18H2,1-3H3,(H,36,37)(H2,34,35,43)/t28-/m1/s1. The molecule has 3 aromatic rings. The van der Waals surface area contributed by atoms with Crippen molar-refractivity contribution in [2.24, 2.45) is 5.10 Å². The Balaban J connectivity index is 1.43. The minimum Gasteiger partial charge on any atom is -0.493 e. The van der Waals surface area contributed by atoms with E-state index >= 15 is 0 Å². The molecule has 0 aromatic heterocycles. The van der Waals surface area contributed by atoms with Crippen LogP contribution in [0.5, 0.6) is 17.2 Å². The fourth-order valence-corrected chi connectivity index (χ4v) is 4.59. The van der Waals surface area contributed by atoms with Crippen molar-refractivity contribution >= 4 is 35.4 Å². The van der Waals surface area contributed by atoms with Crippen molar-refractivity contribution in [3.8, 4) is 17.2 Å². The third-order valence-electron chi connectivity index (χ3n) is 6.31. The predicted octanol–water partition coefficient (Wildman–Crippen LogP) is 4.30. The number of nitrogens with zero attached hydrogens (tertiary/aromatic N) is 1. The molecular weight excluding hydrogens is 575 g/mol. The van der Waals surface area contributed by atoms with E-state index in [1.54, 1.807) is 74.5 Å². The highest BCUT2D eigenvalue weighted by atomic mass is 32.1. The molecule has 224 valence electrons. The number of methoxy groups -OCH3 is 1. The molecule has 0 unspecified atom stereocenters. The van der Waals surface area contributed by atoms with Crippen molar-refractivity contribution in [3.05, 3.63) is 101 Å². The van der Waals surface area contributed by atoms with E-state index in [1.807, 2.05) is 0 Å². The van der Waals surface area contributed by atoms with Gasteiger partial charge in [-0.05, 0) is 50.3 Å². The molecule has 0 spiro atoms. The van der Waals surface area contributed by atoms with Crippen molar-refractivity contribution in [2.45, 2.75) is 26.5 Å². The predicted molar refractivity (Wildman–Crippen MR) is 162 cm³/mol. The number of para-hydroxylation sites is 2. The zero-order valence-corrected chi connectivity index (χ0v) is 24.6. The van der Waals surface area contributed by atoms with Gasteiger partial charge < -0.3 is 29.6 Å². The van der Waals surface area contributed by atoms with E-state index in [4.69, 9.17) is 31.2 Å². The summed E-state index contributed by atoms with van der Waals surface area (Å²) in [4.78, 5) is 25.4. The number of hydrazone groups is 1. The van der Waals surface area contributed by atoms with Crippen LogP contribution in [-0.2, 0) is 20.9 Å². The molecule has 3 N–H and O–H groups in total. The Kier molecular flexibility index (Phi) is 10.6. The van der Waals surface area contributed by atoms with Crippen molar-refractivity contribution in [3.63, 3.8) is 0 Å². The first-order valence-electron chi connectivity index (χ1n) is 13.3. The van der Waals surface area contributed by atoms with Gasteiger partial charge in [-0.25, -0.2) is 14.6 Å². The van der Waals surface area contributed by atoms with Crippen LogP contribution in [0.15, 0.2) is 83.1 Å². The monoisotopic (exact) mass is 606 g/mol. The normalized spacial score (nSPS) is 14.5. The molecular formula is C31H31FN4O6S. The van der Waals surface area contributed by atoms with Crippen molar-refractivity contribution in [2.75, 3.05) is 20.3 Å². The van der Waals surface area contributed by atoms with Gasteiger partial charge in [0.1, 0.15) is 18.2 Å². The molecule has 10 nitrogen and oxygen atoms in total. The second-order valence-electron chi connectivity index (χ2n) is 9.17. The molecule has 4 rings (SSSR count). The van der Waals surface area contributed by atoms with E-state index in [0.29, 0.717) is 50.3 Å². The Hall–Kier alpha value is -4.97. The number of benzene rings is 3. The molecule has 0 radical (unpaired) electrons. The lowest BCUT2D eigenvalue weighted by atomic mass is 9.95. The minimum absolute atomic E-state index is 0.0310. The molecule has 1 aliphatic rings. The Bertz CT molecular complexity index is 1560. The van der Waals surface area contributed by atoms with Crippen LogP contribution < -0.4 is 30.3 Å². The highest BCUT2D eigenvalue weighted by Gasteiger charge is 2.32. The fraction of sp³-hybridized carbons (Fsp3) is 0.226. The molecule has 0 aliphatic carbocycles. The molecule has 0 saturated heterocycles. The molecule has 1 aliphatic heterocycles. The van der Waals surface area contributed by atoms with Crippen LogP contribution in [0.4, 0.5) is 4.39 Å². The number of allylic oxidation sites excluding steroid dienone is 1. The van der Waals surface area contributed by atoms with E-state index in [0.717, 1.165) is 0 Å². The summed E-state index contributed by atoms with van der Waals surface area (Å²) in [7, 11) is 1.49. The van der Waals surface area contributed by atoms with Gasteiger partial charge in [0.2, 0.25) is 0 Å². The first-order chi connectivity index (χ1) is 20.8. The van der Waals surface area contributed by atoms with E-state index < -0.39 is 17.9 Å². The lowest BCUT2D eigenvalue weighted by Crippen LogP contribution is -2.45. The van der Waals surface area contributed by atoms with Crippen LogP contribution in [0.25, 0.3) is 0 Å². The van der Waals surface area contributed by atoms with Crippen LogP contribution in [0, 0.1) is 5.82 Å². The minimum atomic E-state index is -0.652. The zero-order valence-electron chi connectivity index (χ0n) is 23.8. The zero-order chi connectivity index (χ0) is 30.8. The number of esters is 1. The largest absolute Gasteiger partial charge is 0.493 e. The molecule has 1 atom stereocenters. The lowest BCUT2D eigenvalue weighted by Gasteiger charge is -2.30. The number of nitrogens with one attached hydrogen (secondary N) is 3. The maximum Gasteiger partial charge on any atom is 0.338 e. The second-order valence-corrected chi connectivity index (χ2v) is 9.58. The van der Waals surface area contributed by atoms with Gasteiger partial charge in [0.15, 0.2) is 23.2 Å². The van der Waals surface area contributed by atoms with Gasteiger partial charge in [0, 0.05) is 22.4 Å². The molecule has 0 saturated carbocycles. The van der Waals surface area contributed by atoms with Crippen LogP contribution >= 0.6 is 12.2 Å². The molecule has 0 fully saturated rings. The summed E-state index contributed by atoms with van der Waals surface area (Å²) in [5, 5.41) is 10.4. The topological polar surface area (TPSA) is 120 Å². The number of thiocarbonyl (C=S) groups is 1. The van der Waals surface area contributed by atoms with Crippen LogP contribution in [-0.4, -0.2) is 43.5 Å². The van der Waals surface area contributed by atoms with Gasteiger partial charge in [-0.1, -0.05) is 42.5 Å². The highest BCUT2D eigenvalue weighted by Crippen LogP contribution is 2.34. The maximum absolute atomic E-state index is 14.1. The molecule has 0 bridgehead atoms. The Morgan fingerprint density at radius 1 is 1.05 bits per heavy atom. The Labute approximate surface area is 253 Å². The van der Waals surface area contributed by atoms with E-state index in [2.05, 4.69) is 21.2 Å². The average Bonchev–Trinajstić information content (AvgIpc) is 2.99. The van der Waals surface area contributed by atoms with Crippen LogP contribution in [0.1, 0.15) is 36.6 Å². The summed E-state index contributed by atoms with van der Waals surface area (Å²) in [6, 6.07) is 17.8. The van der Waals surface area contributed by atoms with Crippen molar-refractivity contribution in [1.82, 2.24) is 16.1 Å². The average molecular weight is 607 g/mol. The van der Waals surface area contributed by atoms with Gasteiger partial charge in [0.05, 0.1) is 31.5 Å². The molecule has 3 aromatic carbocycles. The van der Waals surface area contributed by atoms with Gasteiger partial charge in [-0.2, -0.15) is 5.10 Å². The first-order valence-corrected chi connectivity index (χ1v) is 13.7. The number of amides is 1. The number of hydrogen-bond acceptors (Lipinski definition) is 8. The molecule has 43 heavy (non-hydrogen) atoms. The van der Waals surface area contributed by atoms with Gasteiger partial charge in [-0.3, -0.25) is 4.79 Å². The van der Waals surface area contributed by atoms with Crippen molar-refractivity contribution < 1.29 is 32.9 Å². The fourth-order valence-electron chi connectivity index (χ4n) is 4.32. The van der Waals surface area contributed by atoms with Crippen LogP contribution in [0.3, 0.4) is 0 Å². The summed E-state index contributed by atoms with van der Waals surface area (Å²) in [6.07, 6.45) is 1.39.